The summed E-state index contributed by atoms with van der Waals surface area (Å²) in [4.78, 5) is 24.9. The zero-order chi connectivity index (χ0) is 15.5. The third kappa shape index (κ3) is 3.65. The number of rotatable bonds is 4. The predicted molar refractivity (Wildman–Crippen MR) is 77.3 cm³/mol. The lowest BCUT2D eigenvalue weighted by Crippen LogP contribution is -2.57. The van der Waals surface area contributed by atoms with Crippen molar-refractivity contribution in [1.29, 1.82) is 0 Å². The van der Waals surface area contributed by atoms with Gasteiger partial charge in [-0.2, -0.15) is 0 Å². The van der Waals surface area contributed by atoms with Crippen LogP contribution in [0, 0.1) is 0 Å². The molecule has 1 atom stereocenters. The lowest BCUT2D eigenvalue weighted by molar-refractivity contribution is -0.144. The first kappa shape index (κ1) is 15.6. The topological polar surface area (TPSA) is 78.9 Å². The Hall–Kier alpha value is -1.79. The molecule has 0 aromatic heterocycles. The van der Waals surface area contributed by atoms with Crippen molar-refractivity contribution < 1.29 is 19.4 Å². The van der Waals surface area contributed by atoms with Crippen LogP contribution < -0.4 is 5.32 Å². The van der Waals surface area contributed by atoms with E-state index in [-0.39, 0.29) is 13.0 Å². The molecule has 1 aromatic carbocycles. The van der Waals surface area contributed by atoms with Crippen LogP contribution in [0.4, 0.5) is 4.79 Å². The van der Waals surface area contributed by atoms with E-state index in [9.17, 15) is 14.7 Å². The molecule has 2 amide bonds. The van der Waals surface area contributed by atoms with Crippen molar-refractivity contribution >= 4 is 23.6 Å². The van der Waals surface area contributed by atoms with E-state index in [2.05, 4.69) is 5.32 Å². The molecule has 0 spiro atoms. The summed E-state index contributed by atoms with van der Waals surface area (Å²) in [7, 11) is 1.61. The van der Waals surface area contributed by atoms with Crippen LogP contribution >= 0.6 is 11.6 Å². The molecule has 21 heavy (non-hydrogen) atoms. The summed E-state index contributed by atoms with van der Waals surface area (Å²) in [6.07, 6.45) is 0.267. The molecule has 0 saturated carbocycles. The molecule has 1 heterocycles. The molecule has 1 unspecified atom stereocenters. The van der Waals surface area contributed by atoms with Crippen molar-refractivity contribution in [1.82, 2.24) is 10.2 Å². The van der Waals surface area contributed by atoms with E-state index in [1.807, 2.05) is 12.1 Å². The highest BCUT2D eigenvalue weighted by atomic mass is 35.5. The van der Waals surface area contributed by atoms with Gasteiger partial charge in [-0.05, 0) is 17.7 Å². The summed E-state index contributed by atoms with van der Waals surface area (Å²) < 4.78 is 5.11. The van der Waals surface area contributed by atoms with Crippen molar-refractivity contribution in [3.8, 4) is 0 Å². The van der Waals surface area contributed by atoms with Gasteiger partial charge in [0.1, 0.15) is 0 Å². The smallest absolute Gasteiger partial charge is 0.332 e. The van der Waals surface area contributed by atoms with Crippen molar-refractivity contribution in [2.75, 3.05) is 20.3 Å². The van der Waals surface area contributed by atoms with E-state index in [4.69, 9.17) is 16.3 Å². The quantitative estimate of drug-likeness (QED) is 0.887. The van der Waals surface area contributed by atoms with Crippen molar-refractivity contribution in [3.05, 3.63) is 34.9 Å². The van der Waals surface area contributed by atoms with E-state index in [1.54, 1.807) is 19.2 Å². The normalized spacial score (nSPS) is 21.0. The first-order valence-electron chi connectivity index (χ1n) is 6.52. The molecule has 0 radical (unpaired) electrons. The molecule has 0 aliphatic carbocycles. The lowest BCUT2D eigenvalue weighted by atomic mass is 9.99. The Bertz CT molecular complexity index is 526. The fourth-order valence-corrected chi connectivity index (χ4v) is 2.25. The summed E-state index contributed by atoms with van der Waals surface area (Å²) in [6.45, 7) is 0.676. The van der Waals surface area contributed by atoms with Gasteiger partial charge in [-0.1, -0.05) is 23.7 Å². The first-order chi connectivity index (χ1) is 9.93. The monoisotopic (exact) mass is 312 g/mol. The van der Waals surface area contributed by atoms with Gasteiger partial charge < -0.3 is 20.1 Å². The third-order valence-corrected chi connectivity index (χ3v) is 3.71. The molecule has 2 N–H and O–H groups in total. The number of carboxylic acid groups (broad SMARTS) is 1. The van der Waals surface area contributed by atoms with Gasteiger partial charge in [0.25, 0.3) is 0 Å². The zero-order valence-corrected chi connectivity index (χ0v) is 12.4. The van der Waals surface area contributed by atoms with Crippen LogP contribution in [0.15, 0.2) is 24.3 Å². The number of benzene rings is 1. The number of aliphatic carboxylic acids is 1. The standard InChI is InChI=1S/C14H17ClN2O4/c1-17(8-10-2-4-11(15)5-3-10)13(20)16-14(12(18)19)6-7-21-9-14/h2-5H,6-9H2,1H3,(H,16,20)(H,18,19). The van der Waals surface area contributed by atoms with Gasteiger partial charge >= 0.3 is 12.0 Å². The Kier molecular flexibility index (Phi) is 4.69. The Morgan fingerprint density at radius 3 is 2.62 bits per heavy atom. The number of nitrogens with one attached hydrogen (secondary N) is 1. The Labute approximate surface area is 127 Å². The maximum atomic E-state index is 12.1. The molecule has 1 aliphatic rings. The maximum absolute atomic E-state index is 12.1. The van der Waals surface area contributed by atoms with Crippen LogP contribution in [0.25, 0.3) is 0 Å². The van der Waals surface area contributed by atoms with Gasteiger partial charge in [-0.15, -0.1) is 0 Å². The zero-order valence-electron chi connectivity index (χ0n) is 11.6. The van der Waals surface area contributed by atoms with Crippen LogP contribution in [0.1, 0.15) is 12.0 Å². The number of nitrogens with zero attached hydrogens (tertiary/aromatic N) is 1. The molecule has 1 aromatic rings. The Morgan fingerprint density at radius 1 is 1.43 bits per heavy atom. The van der Waals surface area contributed by atoms with Crippen LogP contribution in [0.3, 0.4) is 0 Å². The first-order valence-corrected chi connectivity index (χ1v) is 6.90. The van der Waals surface area contributed by atoms with Gasteiger partial charge in [0.15, 0.2) is 5.54 Å². The fraction of sp³-hybridized carbons (Fsp3) is 0.429. The SMILES string of the molecule is CN(Cc1ccc(Cl)cc1)C(=O)NC1(C(=O)O)CCOC1. The summed E-state index contributed by atoms with van der Waals surface area (Å²) in [5.41, 5.74) is -0.421. The van der Waals surface area contributed by atoms with Crippen LogP contribution in [0.5, 0.6) is 0 Å². The number of carbonyl (C=O) groups is 2. The predicted octanol–water partition coefficient (Wildman–Crippen LogP) is 1.73. The number of amides is 2. The second kappa shape index (κ2) is 6.32. The maximum Gasteiger partial charge on any atom is 0.332 e. The van der Waals surface area contributed by atoms with E-state index in [0.717, 1.165) is 5.56 Å². The van der Waals surface area contributed by atoms with Gasteiger partial charge in [-0.3, -0.25) is 0 Å². The summed E-state index contributed by atoms with van der Waals surface area (Å²) in [5.74, 6) is -1.08. The molecule has 2 rings (SSSR count). The second-order valence-corrected chi connectivity index (χ2v) is 5.54. The molecular formula is C14H17ClN2O4. The number of hydrogen-bond acceptors (Lipinski definition) is 3. The fourth-order valence-electron chi connectivity index (χ4n) is 2.12. The minimum absolute atomic E-state index is 0.0111. The number of halogens is 1. The van der Waals surface area contributed by atoms with Gasteiger partial charge in [-0.25, -0.2) is 9.59 Å². The average molecular weight is 313 g/mol. The molecule has 1 fully saturated rings. The van der Waals surface area contributed by atoms with Crippen molar-refractivity contribution in [3.63, 3.8) is 0 Å². The van der Waals surface area contributed by atoms with E-state index in [1.165, 1.54) is 4.90 Å². The van der Waals surface area contributed by atoms with Crippen molar-refractivity contribution in [2.24, 2.45) is 0 Å². The Morgan fingerprint density at radius 2 is 2.10 bits per heavy atom. The molecule has 1 aliphatic heterocycles. The number of carbonyl (C=O) groups excluding carboxylic acids is 1. The largest absolute Gasteiger partial charge is 0.479 e. The second-order valence-electron chi connectivity index (χ2n) is 5.10. The number of ether oxygens (including phenoxy) is 1. The van der Waals surface area contributed by atoms with Crippen LogP contribution in [-0.4, -0.2) is 47.8 Å². The molecule has 1 saturated heterocycles. The number of hydrogen-bond donors (Lipinski definition) is 2. The average Bonchev–Trinajstić information content (AvgIpc) is 2.91. The van der Waals surface area contributed by atoms with Gasteiger partial charge in [0.05, 0.1) is 6.61 Å². The summed E-state index contributed by atoms with van der Waals surface area (Å²) >= 11 is 5.81. The summed E-state index contributed by atoms with van der Waals surface area (Å²) in [5, 5.41) is 12.5. The minimum Gasteiger partial charge on any atom is -0.479 e. The number of carboxylic acids is 1. The molecule has 6 nitrogen and oxygen atoms in total. The number of urea groups is 1. The molecule has 0 bridgehead atoms. The highest BCUT2D eigenvalue weighted by Crippen LogP contribution is 2.19. The highest BCUT2D eigenvalue weighted by Gasteiger charge is 2.44. The Balaban J connectivity index is 1.99. The molecular weight excluding hydrogens is 296 g/mol. The third-order valence-electron chi connectivity index (χ3n) is 3.46. The van der Waals surface area contributed by atoms with Gasteiger partial charge in [0.2, 0.25) is 0 Å². The van der Waals surface area contributed by atoms with Crippen LogP contribution in [-0.2, 0) is 16.1 Å². The van der Waals surface area contributed by atoms with Crippen LogP contribution in [0.2, 0.25) is 5.02 Å². The summed E-state index contributed by atoms with van der Waals surface area (Å²) in [6, 6.07) is 6.67. The van der Waals surface area contributed by atoms with E-state index in [0.29, 0.717) is 18.2 Å². The molecule has 114 valence electrons. The molecule has 7 heteroatoms. The lowest BCUT2D eigenvalue weighted by Gasteiger charge is -2.27. The van der Waals surface area contributed by atoms with Crippen molar-refractivity contribution in [2.45, 2.75) is 18.5 Å². The minimum atomic E-state index is -1.33. The highest BCUT2D eigenvalue weighted by molar-refractivity contribution is 6.30. The van der Waals surface area contributed by atoms with Gasteiger partial charge in [0, 0.05) is 31.6 Å². The van der Waals surface area contributed by atoms with E-state index >= 15 is 0 Å². The van der Waals surface area contributed by atoms with E-state index < -0.39 is 17.5 Å².